The van der Waals surface area contributed by atoms with Crippen molar-refractivity contribution in [1.82, 2.24) is 4.48 Å². The van der Waals surface area contributed by atoms with E-state index >= 15 is 0 Å². The van der Waals surface area contributed by atoms with Gasteiger partial charge in [0.15, 0.2) is 0 Å². The van der Waals surface area contributed by atoms with Crippen LogP contribution in [0.4, 0.5) is 5.69 Å². The van der Waals surface area contributed by atoms with E-state index in [1.807, 2.05) is 24.3 Å². The maximum atomic E-state index is 12.0. The van der Waals surface area contributed by atoms with Gasteiger partial charge in [-0.2, -0.15) is 0 Å². The molecule has 4 heteroatoms. The highest BCUT2D eigenvalue weighted by Gasteiger charge is 2.12. The monoisotopic (exact) mass is 412 g/mol. The van der Waals surface area contributed by atoms with E-state index in [-0.39, 0.29) is 5.97 Å². The number of rotatable bonds is 13. The summed E-state index contributed by atoms with van der Waals surface area (Å²) in [6.07, 6.45) is 7.01. The molecule has 0 fully saturated rings. The third-order valence-corrected chi connectivity index (χ3v) is 5.15. The van der Waals surface area contributed by atoms with Crippen molar-refractivity contribution in [3.8, 4) is 5.75 Å². The predicted molar refractivity (Wildman–Crippen MR) is 125 cm³/mol. The first kappa shape index (κ1) is 23.9. The minimum Gasteiger partial charge on any atom is -0.494 e. The van der Waals surface area contributed by atoms with Crippen molar-refractivity contribution in [2.45, 2.75) is 51.9 Å². The molecule has 0 aliphatic heterocycles. The van der Waals surface area contributed by atoms with Gasteiger partial charge in [0.1, 0.15) is 11.4 Å². The van der Waals surface area contributed by atoms with E-state index in [9.17, 15) is 4.79 Å². The van der Waals surface area contributed by atoms with Gasteiger partial charge in [0, 0.05) is 0 Å². The highest BCUT2D eigenvalue weighted by molar-refractivity contribution is 5.72. The molecule has 0 radical (unpaired) electrons. The number of nitrogens with zero attached hydrogens (tertiary/aromatic N) is 1. The number of quaternary nitrogens is 1. The fraction of sp³-hybridized carbons (Fsp3) is 0.500. The number of benzene rings is 2. The summed E-state index contributed by atoms with van der Waals surface area (Å²) in [5.74, 6) is 0.813. The fourth-order valence-electron chi connectivity index (χ4n) is 3.20. The van der Waals surface area contributed by atoms with E-state index in [1.165, 1.54) is 30.5 Å². The Kier molecular flexibility index (Phi) is 9.88. The zero-order valence-electron chi connectivity index (χ0n) is 19.2. The molecule has 0 aromatic heterocycles. The topological polar surface area (TPSA) is 35.5 Å². The van der Waals surface area contributed by atoms with Crippen molar-refractivity contribution in [3.63, 3.8) is 0 Å². The average molecular weight is 413 g/mol. The van der Waals surface area contributed by atoms with Crippen LogP contribution in [0.3, 0.4) is 0 Å². The quantitative estimate of drug-likeness (QED) is 0.241. The Hall–Kier alpha value is -2.33. The molecule has 2 rings (SSSR count). The van der Waals surface area contributed by atoms with Gasteiger partial charge in [-0.3, -0.25) is 9.28 Å². The Morgan fingerprint density at radius 1 is 0.767 bits per heavy atom. The van der Waals surface area contributed by atoms with Crippen LogP contribution >= 0.6 is 0 Å². The molecule has 0 bridgehead atoms. The highest BCUT2D eigenvalue weighted by Crippen LogP contribution is 2.18. The van der Waals surface area contributed by atoms with Gasteiger partial charge in [0.2, 0.25) is 0 Å². The first-order valence-corrected chi connectivity index (χ1v) is 11.1. The second-order valence-corrected chi connectivity index (χ2v) is 8.86. The number of hydrogen-bond acceptors (Lipinski definition) is 3. The van der Waals surface area contributed by atoms with Gasteiger partial charge < -0.3 is 9.47 Å². The summed E-state index contributed by atoms with van der Waals surface area (Å²) < 4.78 is 11.9. The summed E-state index contributed by atoms with van der Waals surface area (Å²) in [7, 11) is 6.38. The minimum absolute atomic E-state index is 0.138. The lowest BCUT2D eigenvalue weighted by Crippen LogP contribution is -2.34. The largest absolute Gasteiger partial charge is 0.494 e. The summed E-state index contributed by atoms with van der Waals surface area (Å²) in [5, 5.41) is 0. The van der Waals surface area contributed by atoms with Crippen LogP contribution < -0.4 is 9.22 Å². The normalized spacial score (nSPS) is 11.3. The molecule has 2 aromatic rings. The second-order valence-electron chi connectivity index (χ2n) is 8.86. The summed E-state index contributed by atoms with van der Waals surface area (Å²) in [6, 6.07) is 16.4. The number of aryl methyl sites for hydroxylation is 1. The molecule has 0 N–H and O–H groups in total. The van der Waals surface area contributed by atoms with Crippen molar-refractivity contribution >= 4 is 11.7 Å². The number of unbranched alkanes of at least 4 members (excludes halogenated alkanes) is 5. The molecule has 4 nitrogen and oxygen atoms in total. The minimum atomic E-state index is -0.138. The number of carbonyl (C=O) groups is 1. The first-order chi connectivity index (χ1) is 14.3. The molecular weight excluding hydrogens is 374 g/mol. The van der Waals surface area contributed by atoms with Gasteiger partial charge in [0.05, 0.1) is 40.8 Å². The van der Waals surface area contributed by atoms with Crippen LogP contribution in [0, 0.1) is 6.92 Å². The van der Waals surface area contributed by atoms with E-state index < -0.39 is 0 Å². The lowest BCUT2D eigenvalue weighted by atomic mass is 10.1. The van der Waals surface area contributed by atoms with Crippen LogP contribution in [0.2, 0.25) is 0 Å². The predicted octanol–water partition coefficient (Wildman–Crippen LogP) is 5.70. The Balaban J connectivity index is 1.45. The third kappa shape index (κ3) is 9.45. The zero-order chi connectivity index (χ0) is 21.8. The van der Waals surface area contributed by atoms with Gasteiger partial charge in [-0.25, -0.2) is 0 Å². The van der Waals surface area contributed by atoms with Crippen LogP contribution in [-0.4, -0.2) is 40.3 Å². The SMILES string of the molecule is Cc1ccc(OCCCCCCCCOC(=O)Cc2ccc([N+](C)(C)C)cc2)cc1. The standard InChI is InChI=1S/C26H38NO3/c1-22-11-17-25(18-12-22)29-19-9-7-5-6-8-10-20-30-26(28)21-23-13-15-24(16-14-23)27(2,3)4/h11-18H,5-10,19-21H2,1-4H3/q+1. The molecule has 0 unspecified atom stereocenters. The average Bonchev–Trinajstić information content (AvgIpc) is 2.70. The van der Waals surface area contributed by atoms with E-state index in [4.69, 9.17) is 9.47 Å². The molecule has 30 heavy (non-hydrogen) atoms. The van der Waals surface area contributed by atoms with Crippen LogP contribution in [0.1, 0.15) is 49.7 Å². The van der Waals surface area contributed by atoms with Gasteiger partial charge in [-0.05, 0) is 49.6 Å². The molecule has 0 saturated heterocycles. The van der Waals surface area contributed by atoms with Crippen molar-refractivity contribution in [2.24, 2.45) is 0 Å². The smallest absolute Gasteiger partial charge is 0.310 e. The van der Waals surface area contributed by atoms with Crippen molar-refractivity contribution < 1.29 is 14.3 Å². The van der Waals surface area contributed by atoms with Crippen molar-refractivity contribution in [3.05, 3.63) is 59.7 Å². The van der Waals surface area contributed by atoms with Gasteiger partial charge in [0.25, 0.3) is 0 Å². The van der Waals surface area contributed by atoms with Crippen LogP contribution in [0.25, 0.3) is 0 Å². The molecule has 0 heterocycles. The van der Waals surface area contributed by atoms with Gasteiger partial charge >= 0.3 is 5.97 Å². The molecule has 164 valence electrons. The van der Waals surface area contributed by atoms with Crippen molar-refractivity contribution in [2.75, 3.05) is 34.4 Å². The molecule has 0 saturated carbocycles. The molecule has 2 aromatic carbocycles. The van der Waals surface area contributed by atoms with Crippen LogP contribution in [0.5, 0.6) is 5.75 Å². The lowest BCUT2D eigenvalue weighted by Gasteiger charge is -2.23. The molecule has 0 atom stereocenters. The maximum Gasteiger partial charge on any atom is 0.310 e. The molecule has 0 spiro atoms. The maximum absolute atomic E-state index is 12.0. The molecular formula is C26H38NO3+. The Morgan fingerprint density at radius 2 is 1.33 bits per heavy atom. The summed E-state index contributed by atoms with van der Waals surface area (Å²) in [4.78, 5) is 12.0. The molecule has 0 aliphatic rings. The fourth-order valence-corrected chi connectivity index (χ4v) is 3.20. The Morgan fingerprint density at radius 3 is 1.93 bits per heavy atom. The third-order valence-electron chi connectivity index (χ3n) is 5.15. The van der Waals surface area contributed by atoms with Crippen LogP contribution in [-0.2, 0) is 16.0 Å². The summed E-state index contributed by atoms with van der Waals surface area (Å²) >= 11 is 0. The Labute approximate surface area is 182 Å². The van der Waals surface area contributed by atoms with E-state index in [2.05, 4.69) is 52.3 Å². The molecule has 0 amide bonds. The number of ether oxygens (including phenoxy) is 2. The lowest BCUT2D eigenvalue weighted by molar-refractivity contribution is -0.142. The zero-order valence-corrected chi connectivity index (χ0v) is 19.2. The van der Waals surface area contributed by atoms with E-state index in [0.717, 1.165) is 41.7 Å². The van der Waals surface area contributed by atoms with E-state index in [0.29, 0.717) is 13.0 Å². The number of esters is 1. The summed E-state index contributed by atoms with van der Waals surface area (Å²) in [5.41, 5.74) is 3.47. The van der Waals surface area contributed by atoms with Crippen molar-refractivity contribution in [1.29, 1.82) is 0 Å². The number of hydrogen-bond donors (Lipinski definition) is 0. The summed E-state index contributed by atoms with van der Waals surface area (Å²) in [6.45, 7) is 3.37. The first-order valence-electron chi connectivity index (χ1n) is 11.1. The molecule has 0 aliphatic carbocycles. The highest BCUT2D eigenvalue weighted by atomic mass is 16.5. The Bertz CT molecular complexity index is 745. The number of carbonyl (C=O) groups excluding carboxylic acids is 1. The van der Waals surface area contributed by atoms with Crippen LogP contribution in [0.15, 0.2) is 48.5 Å². The van der Waals surface area contributed by atoms with Gasteiger partial charge in [-0.1, -0.05) is 55.5 Å². The second kappa shape index (κ2) is 12.4. The van der Waals surface area contributed by atoms with Gasteiger partial charge in [-0.15, -0.1) is 0 Å². The van der Waals surface area contributed by atoms with E-state index in [1.54, 1.807) is 0 Å².